The van der Waals surface area contributed by atoms with Gasteiger partial charge in [-0.1, -0.05) is 42.5 Å². The smallest absolute Gasteiger partial charge is 0.320 e. The third kappa shape index (κ3) is 4.45. The Morgan fingerprint density at radius 2 is 1.69 bits per heavy atom. The first kappa shape index (κ1) is 18.7. The lowest BCUT2D eigenvalue weighted by Crippen LogP contribution is -2.07. The van der Waals surface area contributed by atoms with Crippen LogP contribution in [0.4, 0.5) is 5.82 Å². The molecule has 2 aromatic carbocycles. The molecule has 0 spiro atoms. The number of nitrogens with zero attached hydrogens (tertiary/aromatic N) is 4. The van der Waals surface area contributed by atoms with E-state index >= 15 is 0 Å². The second-order valence-electron chi connectivity index (χ2n) is 6.68. The van der Waals surface area contributed by atoms with E-state index < -0.39 is 0 Å². The predicted molar refractivity (Wildman–Crippen MR) is 112 cm³/mol. The number of nitrogens with two attached hydrogens (primary N) is 1. The van der Waals surface area contributed by atoms with Gasteiger partial charge < -0.3 is 19.8 Å². The molecule has 0 saturated carbocycles. The summed E-state index contributed by atoms with van der Waals surface area (Å²) in [5.41, 5.74) is 9.75. The van der Waals surface area contributed by atoms with Gasteiger partial charge in [-0.2, -0.15) is 9.97 Å². The van der Waals surface area contributed by atoms with Crippen LogP contribution < -0.4 is 15.2 Å². The lowest BCUT2D eigenvalue weighted by Gasteiger charge is -2.08. The molecule has 29 heavy (non-hydrogen) atoms. The molecule has 2 N–H and O–H groups in total. The van der Waals surface area contributed by atoms with E-state index in [0.29, 0.717) is 23.6 Å². The average Bonchev–Trinajstić information content (AvgIpc) is 3.17. The predicted octanol–water partition coefficient (Wildman–Crippen LogP) is 3.28. The van der Waals surface area contributed by atoms with Gasteiger partial charge in [0.25, 0.3) is 0 Å². The Morgan fingerprint density at radius 1 is 0.931 bits per heavy atom. The molecule has 7 heteroatoms. The summed E-state index contributed by atoms with van der Waals surface area (Å²) in [5, 5.41) is 0. The largest absolute Gasteiger partial charge is 0.497 e. The summed E-state index contributed by atoms with van der Waals surface area (Å²) in [4.78, 5) is 13.1. The Balaban J connectivity index is 1.45. The fraction of sp³-hybridized carbons (Fsp3) is 0.227. The third-order valence-corrected chi connectivity index (χ3v) is 4.74. The van der Waals surface area contributed by atoms with Gasteiger partial charge in [0.05, 0.1) is 20.0 Å². The standard InChI is InChI=1S/C22H23N5O2/c1-28-18-9-7-17(8-10-18)11-13-27-15-24-19-20(23)25-22(26-21(19)27)29-14-12-16-5-3-2-4-6-16/h2-10,15H,11-14H2,1H3,(H2,23,25,26). The van der Waals surface area contributed by atoms with Crippen molar-refractivity contribution in [2.24, 2.45) is 0 Å². The maximum atomic E-state index is 6.07. The van der Waals surface area contributed by atoms with Crippen molar-refractivity contribution in [2.45, 2.75) is 19.4 Å². The zero-order valence-electron chi connectivity index (χ0n) is 16.3. The van der Waals surface area contributed by atoms with Crippen LogP contribution in [-0.4, -0.2) is 33.2 Å². The highest BCUT2D eigenvalue weighted by molar-refractivity contribution is 5.81. The Hall–Kier alpha value is -3.61. The molecule has 0 amide bonds. The molecule has 7 nitrogen and oxygen atoms in total. The van der Waals surface area contributed by atoms with Crippen LogP contribution in [0.25, 0.3) is 11.2 Å². The second-order valence-corrected chi connectivity index (χ2v) is 6.68. The summed E-state index contributed by atoms with van der Waals surface area (Å²) in [7, 11) is 1.66. The topological polar surface area (TPSA) is 88.1 Å². The first-order valence-electron chi connectivity index (χ1n) is 9.51. The number of fused-ring (bicyclic) bond motifs is 1. The summed E-state index contributed by atoms with van der Waals surface area (Å²) >= 11 is 0. The molecule has 2 heterocycles. The first-order valence-corrected chi connectivity index (χ1v) is 9.51. The van der Waals surface area contributed by atoms with Crippen LogP contribution >= 0.6 is 0 Å². The summed E-state index contributed by atoms with van der Waals surface area (Å²) < 4.78 is 12.9. The molecular weight excluding hydrogens is 366 g/mol. The van der Waals surface area contributed by atoms with Crippen LogP contribution in [0.1, 0.15) is 11.1 Å². The number of imidazole rings is 1. The first-order chi connectivity index (χ1) is 14.2. The number of methoxy groups -OCH3 is 1. The number of benzene rings is 2. The molecule has 0 fully saturated rings. The number of nitrogen functional groups attached to an aromatic ring is 1. The number of rotatable bonds is 8. The second kappa shape index (κ2) is 8.60. The SMILES string of the molecule is COc1ccc(CCn2cnc3c(N)nc(OCCc4ccccc4)nc32)cc1. The van der Waals surface area contributed by atoms with Gasteiger partial charge in [0, 0.05) is 13.0 Å². The Morgan fingerprint density at radius 3 is 2.45 bits per heavy atom. The highest BCUT2D eigenvalue weighted by Crippen LogP contribution is 2.20. The summed E-state index contributed by atoms with van der Waals surface area (Å²) in [6.07, 6.45) is 3.36. The average molecular weight is 389 g/mol. The van der Waals surface area contributed by atoms with Crippen molar-refractivity contribution >= 4 is 17.0 Å². The molecule has 0 bridgehead atoms. The van der Waals surface area contributed by atoms with Crippen LogP contribution in [0, 0.1) is 0 Å². The fourth-order valence-corrected chi connectivity index (χ4v) is 3.12. The van der Waals surface area contributed by atoms with Crippen molar-refractivity contribution in [3.63, 3.8) is 0 Å². The minimum atomic E-state index is 0.275. The Bertz CT molecular complexity index is 1080. The lowest BCUT2D eigenvalue weighted by atomic mass is 10.1. The normalized spacial score (nSPS) is 10.9. The van der Waals surface area contributed by atoms with E-state index in [9.17, 15) is 0 Å². The molecule has 0 unspecified atom stereocenters. The number of ether oxygens (including phenoxy) is 2. The maximum absolute atomic E-state index is 6.07. The van der Waals surface area contributed by atoms with Crippen molar-refractivity contribution in [3.8, 4) is 11.8 Å². The number of hydrogen-bond acceptors (Lipinski definition) is 6. The van der Waals surface area contributed by atoms with Crippen LogP contribution in [0.2, 0.25) is 0 Å². The molecule has 148 valence electrons. The van der Waals surface area contributed by atoms with Crippen LogP contribution in [-0.2, 0) is 19.4 Å². The van der Waals surface area contributed by atoms with E-state index in [4.69, 9.17) is 15.2 Å². The Kier molecular flexibility index (Phi) is 5.56. The number of hydrogen-bond donors (Lipinski definition) is 1. The van der Waals surface area contributed by atoms with Gasteiger partial charge in [0.2, 0.25) is 0 Å². The molecular formula is C22H23N5O2. The molecule has 0 radical (unpaired) electrons. The third-order valence-electron chi connectivity index (χ3n) is 4.74. The molecule has 2 aromatic heterocycles. The van der Waals surface area contributed by atoms with Crippen molar-refractivity contribution in [1.82, 2.24) is 19.5 Å². The molecule has 0 atom stereocenters. The highest BCUT2D eigenvalue weighted by atomic mass is 16.5. The molecule has 4 rings (SSSR count). The van der Waals surface area contributed by atoms with Gasteiger partial charge in [-0.25, -0.2) is 4.98 Å². The molecule has 4 aromatic rings. The highest BCUT2D eigenvalue weighted by Gasteiger charge is 2.12. The zero-order chi connectivity index (χ0) is 20.1. The molecule has 0 aliphatic carbocycles. The maximum Gasteiger partial charge on any atom is 0.320 e. The van der Waals surface area contributed by atoms with Gasteiger partial charge in [0.1, 0.15) is 5.75 Å². The van der Waals surface area contributed by atoms with E-state index in [1.807, 2.05) is 34.9 Å². The van der Waals surface area contributed by atoms with Crippen molar-refractivity contribution in [2.75, 3.05) is 19.5 Å². The number of anilines is 1. The Labute approximate surface area is 169 Å². The summed E-state index contributed by atoms with van der Waals surface area (Å²) in [6, 6.07) is 18.5. The van der Waals surface area contributed by atoms with Crippen LogP contribution in [0.5, 0.6) is 11.8 Å². The molecule has 0 aliphatic rings. The van der Waals surface area contributed by atoms with Crippen LogP contribution in [0.3, 0.4) is 0 Å². The van der Waals surface area contributed by atoms with Gasteiger partial charge in [-0.15, -0.1) is 0 Å². The van der Waals surface area contributed by atoms with Crippen molar-refractivity contribution in [3.05, 3.63) is 72.1 Å². The quantitative estimate of drug-likeness (QED) is 0.498. The molecule has 0 aliphatic heterocycles. The van der Waals surface area contributed by atoms with Crippen LogP contribution in [0.15, 0.2) is 60.9 Å². The van der Waals surface area contributed by atoms with Gasteiger partial charge in [0.15, 0.2) is 17.0 Å². The summed E-state index contributed by atoms with van der Waals surface area (Å²) in [6.45, 7) is 1.21. The van der Waals surface area contributed by atoms with Gasteiger partial charge in [-0.05, 0) is 29.7 Å². The zero-order valence-corrected chi connectivity index (χ0v) is 16.3. The number of aromatic nitrogens is 4. The minimum absolute atomic E-state index is 0.275. The van der Waals surface area contributed by atoms with E-state index in [1.54, 1.807) is 13.4 Å². The van der Waals surface area contributed by atoms with Gasteiger partial charge in [-0.3, -0.25) is 0 Å². The van der Waals surface area contributed by atoms with E-state index in [0.717, 1.165) is 25.1 Å². The fourth-order valence-electron chi connectivity index (χ4n) is 3.12. The minimum Gasteiger partial charge on any atom is -0.497 e. The monoisotopic (exact) mass is 389 g/mol. The molecule has 0 saturated heterocycles. The summed E-state index contributed by atoms with van der Waals surface area (Å²) in [5.74, 6) is 1.17. The van der Waals surface area contributed by atoms with Gasteiger partial charge >= 0.3 is 6.01 Å². The van der Waals surface area contributed by atoms with E-state index in [2.05, 4.69) is 39.2 Å². The van der Waals surface area contributed by atoms with E-state index in [1.165, 1.54) is 11.1 Å². The van der Waals surface area contributed by atoms with E-state index in [-0.39, 0.29) is 6.01 Å². The number of aryl methyl sites for hydroxylation is 2. The van der Waals surface area contributed by atoms with Crippen molar-refractivity contribution < 1.29 is 9.47 Å². The van der Waals surface area contributed by atoms with Crippen molar-refractivity contribution in [1.29, 1.82) is 0 Å². The lowest BCUT2D eigenvalue weighted by molar-refractivity contribution is 0.297.